The number of nitrogens with zero attached hydrogens (tertiary/aromatic N) is 1. The van der Waals surface area contributed by atoms with Crippen molar-refractivity contribution in [2.24, 2.45) is 0 Å². The van der Waals surface area contributed by atoms with Crippen LogP contribution in [-0.4, -0.2) is 16.1 Å². The Morgan fingerprint density at radius 1 is 1.32 bits per heavy atom. The third-order valence-corrected chi connectivity index (χ3v) is 3.91. The smallest absolute Gasteiger partial charge is 0.336 e. The zero-order chi connectivity index (χ0) is 13.6. The molecule has 0 amide bonds. The molecular formula is C14H7BrN2O2. The zero-order valence-electron chi connectivity index (χ0n) is 9.57. The van der Waals surface area contributed by atoms with E-state index in [0.29, 0.717) is 15.6 Å². The van der Waals surface area contributed by atoms with E-state index in [1.165, 1.54) is 6.07 Å². The topological polar surface area (TPSA) is 76.9 Å². The largest absolute Gasteiger partial charge is 0.478 e. The van der Waals surface area contributed by atoms with Gasteiger partial charge in [0.05, 0.1) is 27.2 Å². The molecule has 0 aliphatic carbocycles. The molecule has 0 aliphatic heterocycles. The van der Waals surface area contributed by atoms with Crippen molar-refractivity contribution in [1.29, 1.82) is 5.26 Å². The van der Waals surface area contributed by atoms with Gasteiger partial charge in [0.1, 0.15) is 0 Å². The second kappa shape index (κ2) is 4.11. The fraction of sp³-hybridized carbons (Fsp3) is 0. The van der Waals surface area contributed by atoms with Crippen molar-refractivity contribution in [2.45, 2.75) is 0 Å². The molecule has 5 heteroatoms. The van der Waals surface area contributed by atoms with Crippen molar-refractivity contribution < 1.29 is 9.90 Å². The Hall–Kier alpha value is -2.32. The van der Waals surface area contributed by atoms with E-state index in [1.807, 2.05) is 6.07 Å². The van der Waals surface area contributed by atoms with Gasteiger partial charge < -0.3 is 10.1 Å². The van der Waals surface area contributed by atoms with E-state index >= 15 is 0 Å². The van der Waals surface area contributed by atoms with Crippen LogP contribution in [0.5, 0.6) is 0 Å². The summed E-state index contributed by atoms with van der Waals surface area (Å²) in [6, 6.07) is 10.8. The first-order valence-corrected chi connectivity index (χ1v) is 6.29. The van der Waals surface area contributed by atoms with Crippen molar-refractivity contribution >= 4 is 43.7 Å². The molecule has 1 aromatic heterocycles. The maximum absolute atomic E-state index is 11.1. The number of aromatic amines is 1. The first kappa shape index (κ1) is 11.8. The number of nitriles is 1. The number of aromatic nitrogens is 1. The number of nitrogens with one attached hydrogen (secondary N) is 1. The number of halogens is 1. The molecule has 3 aromatic rings. The minimum Gasteiger partial charge on any atom is -0.478 e. The van der Waals surface area contributed by atoms with Crippen molar-refractivity contribution in [2.75, 3.05) is 0 Å². The summed E-state index contributed by atoms with van der Waals surface area (Å²) in [5, 5.41) is 19.9. The molecule has 0 saturated heterocycles. The lowest BCUT2D eigenvalue weighted by Gasteiger charge is -2.00. The van der Waals surface area contributed by atoms with Crippen LogP contribution in [0.1, 0.15) is 15.9 Å². The summed E-state index contributed by atoms with van der Waals surface area (Å²) in [6.45, 7) is 0. The maximum Gasteiger partial charge on any atom is 0.336 e. The quantitative estimate of drug-likeness (QED) is 0.719. The second-order valence-electron chi connectivity index (χ2n) is 4.12. The van der Waals surface area contributed by atoms with E-state index in [9.17, 15) is 4.79 Å². The Morgan fingerprint density at radius 3 is 2.79 bits per heavy atom. The van der Waals surface area contributed by atoms with Crippen LogP contribution in [0.4, 0.5) is 0 Å². The number of benzene rings is 2. The Balaban J connectivity index is 2.52. The highest BCUT2D eigenvalue weighted by Gasteiger charge is 2.16. The highest BCUT2D eigenvalue weighted by atomic mass is 79.9. The van der Waals surface area contributed by atoms with Crippen LogP contribution in [0.25, 0.3) is 21.8 Å². The normalized spacial score (nSPS) is 10.7. The predicted octanol–water partition coefficient (Wildman–Crippen LogP) is 3.65. The predicted molar refractivity (Wildman–Crippen MR) is 75.2 cm³/mol. The third kappa shape index (κ3) is 1.61. The number of aromatic carboxylic acids is 1. The number of rotatable bonds is 1. The van der Waals surface area contributed by atoms with E-state index in [1.54, 1.807) is 18.2 Å². The van der Waals surface area contributed by atoms with Gasteiger partial charge in [-0.1, -0.05) is 12.1 Å². The van der Waals surface area contributed by atoms with Crippen LogP contribution in [-0.2, 0) is 0 Å². The zero-order valence-corrected chi connectivity index (χ0v) is 11.2. The molecule has 0 aliphatic rings. The van der Waals surface area contributed by atoms with Gasteiger partial charge in [-0.25, -0.2) is 4.79 Å². The molecule has 2 N–H and O–H groups in total. The van der Waals surface area contributed by atoms with Crippen LogP contribution in [0.2, 0.25) is 0 Å². The molecule has 3 rings (SSSR count). The average molecular weight is 315 g/mol. The molecule has 0 spiro atoms. The number of H-pyrrole nitrogens is 1. The Morgan fingerprint density at radius 2 is 2.11 bits per heavy atom. The summed E-state index contributed by atoms with van der Waals surface area (Å²) >= 11 is 3.31. The van der Waals surface area contributed by atoms with Gasteiger partial charge in [-0.05, 0) is 34.1 Å². The number of carboxylic acid groups (broad SMARTS) is 1. The first-order valence-electron chi connectivity index (χ1n) is 5.50. The minimum absolute atomic E-state index is 0.192. The summed E-state index contributed by atoms with van der Waals surface area (Å²) in [4.78, 5) is 14.3. The van der Waals surface area contributed by atoms with Gasteiger partial charge in [0.15, 0.2) is 0 Å². The lowest BCUT2D eigenvalue weighted by Crippen LogP contribution is -1.97. The van der Waals surface area contributed by atoms with E-state index in [0.717, 1.165) is 16.3 Å². The lowest BCUT2D eigenvalue weighted by atomic mass is 10.1. The van der Waals surface area contributed by atoms with Crippen molar-refractivity contribution in [1.82, 2.24) is 4.98 Å². The van der Waals surface area contributed by atoms with Crippen LogP contribution < -0.4 is 0 Å². The first-order chi connectivity index (χ1) is 9.13. The fourth-order valence-corrected chi connectivity index (χ4v) is 2.86. The van der Waals surface area contributed by atoms with Gasteiger partial charge in [-0.3, -0.25) is 0 Å². The molecule has 0 bridgehead atoms. The number of carboxylic acids is 1. The summed E-state index contributed by atoms with van der Waals surface area (Å²) in [5.74, 6) is -0.993. The summed E-state index contributed by atoms with van der Waals surface area (Å²) in [7, 11) is 0. The second-order valence-corrected chi connectivity index (χ2v) is 4.91. The average Bonchev–Trinajstić information content (AvgIpc) is 2.78. The molecule has 0 radical (unpaired) electrons. The van der Waals surface area contributed by atoms with Crippen molar-refractivity contribution in [3.05, 3.63) is 45.9 Å². The van der Waals surface area contributed by atoms with Gasteiger partial charge in [0.2, 0.25) is 0 Å². The maximum atomic E-state index is 11.1. The minimum atomic E-state index is -0.993. The van der Waals surface area contributed by atoms with Crippen LogP contribution >= 0.6 is 15.9 Å². The lowest BCUT2D eigenvalue weighted by molar-refractivity contribution is 0.0696. The molecule has 2 aromatic carbocycles. The van der Waals surface area contributed by atoms with E-state index in [-0.39, 0.29) is 5.56 Å². The monoisotopic (exact) mass is 314 g/mol. The van der Waals surface area contributed by atoms with Crippen molar-refractivity contribution in [3.63, 3.8) is 0 Å². The van der Waals surface area contributed by atoms with Crippen LogP contribution in [0.15, 0.2) is 34.8 Å². The molecule has 4 nitrogen and oxygen atoms in total. The van der Waals surface area contributed by atoms with E-state index < -0.39 is 5.97 Å². The summed E-state index contributed by atoms with van der Waals surface area (Å²) in [5.41, 5.74) is 2.27. The molecule has 0 atom stereocenters. The summed E-state index contributed by atoms with van der Waals surface area (Å²) in [6.07, 6.45) is 0. The Kier molecular flexibility index (Phi) is 2.54. The van der Waals surface area contributed by atoms with Gasteiger partial charge in [-0.15, -0.1) is 0 Å². The van der Waals surface area contributed by atoms with Gasteiger partial charge in [0, 0.05) is 16.3 Å². The molecule has 0 unspecified atom stereocenters. The van der Waals surface area contributed by atoms with Crippen LogP contribution in [0, 0.1) is 11.3 Å². The molecule has 1 heterocycles. The van der Waals surface area contributed by atoms with Gasteiger partial charge in [0.25, 0.3) is 0 Å². The fourth-order valence-electron chi connectivity index (χ4n) is 2.25. The molecule has 19 heavy (non-hydrogen) atoms. The third-order valence-electron chi connectivity index (χ3n) is 3.09. The Bertz CT molecular complexity index is 874. The molecular weight excluding hydrogens is 308 g/mol. The number of fused-ring (bicyclic) bond motifs is 3. The molecule has 0 saturated carbocycles. The Labute approximate surface area is 116 Å². The standard InChI is InChI=1S/C14H7BrN2O2/c15-12-9(14(18)19)5-4-8-11-7(6-16)2-1-3-10(11)17-13(8)12/h1-5,17H,(H,18,19). The summed E-state index contributed by atoms with van der Waals surface area (Å²) < 4.78 is 0.498. The van der Waals surface area contributed by atoms with Gasteiger partial charge >= 0.3 is 5.97 Å². The highest BCUT2D eigenvalue weighted by Crippen LogP contribution is 2.34. The number of carbonyl (C=O) groups is 1. The molecule has 0 fully saturated rings. The number of hydrogen-bond acceptors (Lipinski definition) is 2. The van der Waals surface area contributed by atoms with E-state index in [2.05, 4.69) is 27.0 Å². The van der Waals surface area contributed by atoms with Gasteiger partial charge in [-0.2, -0.15) is 5.26 Å². The van der Waals surface area contributed by atoms with Crippen molar-refractivity contribution in [3.8, 4) is 6.07 Å². The van der Waals surface area contributed by atoms with E-state index in [4.69, 9.17) is 10.4 Å². The molecule has 92 valence electrons. The highest BCUT2D eigenvalue weighted by molar-refractivity contribution is 9.10. The SMILES string of the molecule is N#Cc1cccc2[nH]c3c(Br)c(C(=O)O)ccc3c12. The number of hydrogen-bond donors (Lipinski definition) is 2. The van der Waals surface area contributed by atoms with Crippen LogP contribution in [0.3, 0.4) is 0 Å².